The van der Waals surface area contributed by atoms with Crippen molar-refractivity contribution in [2.24, 2.45) is 4.99 Å². The van der Waals surface area contributed by atoms with Crippen molar-refractivity contribution in [3.8, 4) is 5.75 Å². The Labute approximate surface area is 190 Å². The molecule has 2 aromatic rings. The Bertz CT molecular complexity index is 1110. The number of nitrogens with zero attached hydrogens (tertiary/aromatic N) is 4. The predicted molar refractivity (Wildman–Crippen MR) is 107 cm³/mol. The molecule has 2 atom stereocenters. The minimum Gasteiger partial charge on any atom is -0.303 e. The van der Waals surface area contributed by atoms with Gasteiger partial charge in [0.25, 0.3) is 5.91 Å². The van der Waals surface area contributed by atoms with E-state index in [0.29, 0.717) is 10.6 Å². The summed E-state index contributed by atoms with van der Waals surface area (Å²) in [5.41, 5.74) is -0.271. The Hall–Kier alpha value is -3.51. The largest absolute Gasteiger partial charge is 0.416 e. The van der Waals surface area contributed by atoms with E-state index in [1.807, 2.05) is 0 Å². The van der Waals surface area contributed by atoms with E-state index in [-0.39, 0.29) is 23.4 Å². The van der Waals surface area contributed by atoms with Crippen LogP contribution in [-0.4, -0.2) is 57.3 Å². The van der Waals surface area contributed by atoms with Crippen LogP contribution in [0.4, 0.5) is 18.0 Å². The molecule has 0 radical (unpaired) electrons. The zero-order chi connectivity index (χ0) is 23.9. The van der Waals surface area contributed by atoms with Crippen molar-refractivity contribution in [1.82, 2.24) is 14.9 Å². The number of likely N-dealkylation sites (N-methyl/N-ethyl adjacent to an activating group) is 1. The number of carbonyl (C=O) groups excluding carboxylic acids is 2. The molecule has 2 unspecified atom stereocenters. The SMILES string of the molecule is CN1C(=O)N(O)C(=O)C2C1N=C(OOc1cccc(C(F)(F)F)c1)N2Cc1ccc(Cl)cc1. The van der Waals surface area contributed by atoms with E-state index < -0.39 is 35.9 Å². The van der Waals surface area contributed by atoms with E-state index in [1.165, 1.54) is 18.0 Å². The summed E-state index contributed by atoms with van der Waals surface area (Å²) in [6.07, 6.45) is -5.64. The number of rotatable bonds is 4. The fourth-order valence-corrected chi connectivity index (χ4v) is 3.54. The molecule has 174 valence electrons. The zero-order valence-electron chi connectivity index (χ0n) is 16.9. The number of aliphatic imine (C=N–C) groups is 1. The first-order valence-corrected chi connectivity index (χ1v) is 9.84. The first-order valence-electron chi connectivity index (χ1n) is 9.46. The number of amidine groups is 1. The maximum atomic E-state index is 13.0. The van der Waals surface area contributed by atoms with Crippen molar-refractivity contribution in [2.75, 3.05) is 7.05 Å². The lowest BCUT2D eigenvalue weighted by molar-refractivity contribution is -0.169. The highest BCUT2D eigenvalue weighted by molar-refractivity contribution is 6.30. The van der Waals surface area contributed by atoms with Crippen molar-refractivity contribution in [3.63, 3.8) is 0 Å². The van der Waals surface area contributed by atoms with Crippen LogP contribution in [0.25, 0.3) is 0 Å². The fraction of sp³-hybridized carbons (Fsp3) is 0.250. The van der Waals surface area contributed by atoms with Gasteiger partial charge in [0.1, 0.15) is 0 Å². The van der Waals surface area contributed by atoms with Crippen LogP contribution in [0, 0.1) is 0 Å². The van der Waals surface area contributed by atoms with Gasteiger partial charge < -0.3 is 9.80 Å². The average Bonchev–Trinajstić information content (AvgIpc) is 3.14. The summed E-state index contributed by atoms with van der Waals surface area (Å²) in [5, 5.41) is 10.4. The predicted octanol–water partition coefficient (Wildman–Crippen LogP) is 3.52. The molecule has 0 spiro atoms. The first kappa shape index (κ1) is 22.7. The molecule has 33 heavy (non-hydrogen) atoms. The van der Waals surface area contributed by atoms with Gasteiger partial charge in [0.05, 0.1) is 5.56 Å². The molecule has 1 saturated heterocycles. The topological polar surface area (TPSA) is 94.9 Å². The van der Waals surface area contributed by atoms with Crippen molar-refractivity contribution >= 4 is 29.6 Å². The molecule has 4 rings (SSSR count). The Morgan fingerprint density at radius 1 is 1.12 bits per heavy atom. The molecule has 0 aliphatic carbocycles. The highest BCUT2D eigenvalue weighted by Gasteiger charge is 2.53. The van der Waals surface area contributed by atoms with Gasteiger partial charge in [-0.15, -0.1) is 5.06 Å². The van der Waals surface area contributed by atoms with Crippen molar-refractivity contribution < 1.29 is 37.7 Å². The van der Waals surface area contributed by atoms with Crippen molar-refractivity contribution in [3.05, 3.63) is 64.7 Å². The molecule has 2 heterocycles. The fourth-order valence-electron chi connectivity index (χ4n) is 3.41. The van der Waals surface area contributed by atoms with Crippen LogP contribution in [0.3, 0.4) is 0 Å². The molecule has 0 bridgehead atoms. The van der Waals surface area contributed by atoms with E-state index in [4.69, 9.17) is 21.4 Å². The standard InChI is InChI=1S/C20H16ClF3N4O5/c1-26-16-15(17(29)28(31)19(26)30)27(10-11-5-7-13(21)8-6-11)18(25-16)33-32-14-4-2-3-12(9-14)20(22,23)24/h2-9,15-16,31H,10H2,1H3. The van der Waals surface area contributed by atoms with E-state index in [2.05, 4.69) is 4.99 Å². The smallest absolute Gasteiger partial charge is 0.303 e. The van der Waals surface area contributed by atoms with Gasteiger partial charge in [-0.25, -0.2) is 14.7 Å². The number of hydroxylamine groups is 2. The second kappa shape index (κ2) is 8.45. The van der Waals surface area contributed by atoms with Gasteiger partial charge in [-0.2, -0.15) is 13.2 Å². The lowest BCUT2D eigenvalue weighted by atomic mass is 10.1. The number of hydrogen-bond acceptors (Lipinski definition) is 7. The van der Waals surface area contributed by atoms with Crippen LogP contribution >= 0.6 is 11.6 Å². The summed E-state index contributed by atoms with van der Waals surface area (Å²) in [7, 11) is 1.33. The number of hydrogen-bond donors (Lipinski definition) is 1. The van der Waals surface area contributed by atoms with Gasteiger partial charge in [0.2, 0.25) is 0 Å². The number of alkyl halides is 3. The summed E-state index contributed by atoms with van der Waals surface area (Å²) < 4.78 is 38.9. The first-order chi connectivity index (χ1) is 15.6. The van der Waals surface area contributed by atoms with Crippen molar-refractivity contribution in [1.29, 1.82) is 0 Å². The van der Waals surface area contributed by atoms with E-state index in [0.717, 1.165) is 23.1 Å². The number of fused-ring (bicyclic) bond motifs is 1. The average molecular weight is 485 g/mol. The normalized spacial score (nSPS) is 20.7. The molecule has 13 heteroatoms. The van der Waals surface area contributed by atoms with Gasteiger partial charge in [-0.3, -0.25) is 14.9 Å². The highest BCUT2D eigenvalue weighted by atomic mass is 35.5. The Morgan fingerprint density at radius 3 is 2.48 bits per heavy atom. The van der Waals surface area contributed by atoms with E-state index in [9.17, 15) is 28.0 Å². The summed E-state index contributed by atoms with van der Waals surface area (Å²) >= 11 is 5.91. The molecule has 9 nitrogen and oxygen atoms in total. The molecule has 1 fully saturated rings. The van der Waals surface area contributed by atoms with Gasteiger partial charge in [-0.1, -0.05) is 29.8 Å². The van der Waals surface area contributed by atoms with E-state index in [1.54, 1.807) is 24.3 Å². The maximum Gasteiger partial charge on any atom is 0.416 e. The molecule has 0 saturated carbocycles. The van der Waals surface area contributed by atoms with Crippen molar-refractivity contribution in [2.45, 2.75) is 24.9 Å². The van der Waals surface area contributed by atoms with Gasteiger partial charge >= 0.3 is 18.2 Å². The number of imide groups is 1. The monoisotopic (exact) mass is 484 g/mol. The summed E-state index contributed by atoms with van der Waals surface area (Å²) in [6.45, 7) is 0.0325. The van der Waals surface area contributed by atoms with Crippen LogP contribution in [0.2, 0.25) is 5.02 Å². The summed E-state index contributed by atoms with van der Waals surface area (Å²) in [6, 6.07) is 8.19. The summed E-state index contributed by atoms with van der Waals surface area (Å²) in [4.78, 5) is 41.6. The molecule has 2 aliphatic rings. The number of benzene rings is 2. The Kier molecular flexibility index (Phi) is 5.80. The lowest BCUT2D eigenvalue weighted by Gasteiger charge is -2.38. The maximum absolute atomic E-state index is 13.0. The second-order valence-corrected chi connectivity index (χ2v) is 7.70. The minimum absolute atomic E-state index is 0.0256. The lowest BCUT2D eigenvalue weighted by Crippen LogP contribution is -2.64. The second-order valence-electron chi connectivity index (χ2n) is 7.26. The Balaban J connectivity index is 1.61. The molecule has 2 aliphatic heterocycles. The molecule has 1 N–H and O–H groups in total. The third kappa shape index (κ3) is 4.39. The zero-order valence-corrected chi connectivity index (χ0v) is 17.6. The van der Waals surface area contributed by atoms with Crippen LogP contribution in [-0.2, 0) is 22.4 Å². The van der Waals surface area contributed by atoms with Gasteiger partial charge in [-0.05, 0) is 35.9 Å². The third-order valence-corrected chi connectivity index (χ3v) is 5.34. The Morgan fingerprint density at radius 2 is 1.82 bits per heavy atom. The van der Waals surface area contributed by atoms with Gasteiger partial charge in [0, 0.05) is 18.6 Å². The van der Waals surface area contributed by atoms with Crippen LogP contribution < -0.4 is 4.89 Å². The number of carbonyl (C=O) groups is 2. The quantitative estimate of drug-likeness (QED) is 0.405. The van der Waals surface area contributed by atoms with Crippen LogP contribution in [0.15, 0.2) is 53.5 Å². The summed E-state index contributed by atoms with van der Waals surface area (Å²) in [5.74, 6) is -1.20. The molecule has 0 aromatic heterocycles. The molecular formula is C20H16ClF3N4O5. The van der Waals surface area contributed by atoms with Gasteiger partial charge in [0.15, 0.2) is 18.0 Å². The van der Waals surface area contributed by atoms with E-state index >= 15 is 0 Å². The highest BCUT2D eigenvalue weighted by Crippen LogP contribution is 2.32. The van der Waals surface area contributed by atoms with Crippen LogP contribution in [0.1, 0.15) is 11.1 Å². The molecular weight excluding hydrogens is 469 g/mol. The molecule has 3 amide bonds. The third-order valence-electron chi connectivity index (χ3n) is 5.09. The van der Waals surface area contributed by atoms with Crippen LogP contribution in [0.5, 0.6) is 5.75 Å². The molecule has 2 aromatic carbocycles. The minimum atomic E-state index is -4.58. The number of amides is 3. The number of halogens is 4. The number of urea groups is 1.